The number of imide groups is 1. The molecule has 142 valence electrons. The Kier molecular flexibility index (Phi) is 5.81. The summed E-state index contributed by atoms with van der Waals surface area (Å²) in [5.41, 5.74) is 1.41. The third kappa shape index (κ3) is 4.61. The van der Waals surface area contributed by atoms with Gasteiger partial charge in [0.25, 0.3) is 5.91 Å². The maximum atomic E-state index is 12.3. The summed E-state index contributed by atoms with van der Waals surface area (Å²) in [6.07, 6.45) is 1.62. The van der Waals surface area contributed by atoms with Crippen molar-refractivity contribution in [3.63, 3.8) is 0 Å². The van der Waals surface area contributed by atoms with E-state index in [9.17, 15) is 14.4 Å². The minimum absolute atomic E-state index is 0.293. The van der Waals surface area contributed by atoms with Crippen LogP contribution in [0.4, 0.5) is 10.5 Å². The van der Waals surface area contributed by atoms with Crippen LogP contribution in [-0.4, -0.2) is 36.6 Å². The molecule has 0 saturated carbocycles. The zero-order valence-corrected chi connectivity index (χ0v) is 15.0. The van der Waals surface area contributed by atoms with E-state index in [1.165, 1.54) is 7.11 Å². The van der Waals surface area contributed by atoms with Crippen molar-refractivity contribution >= 4 is 34.5 Å². The number of pyridine rings is 1. The van der Waals surface area contributed by atoms with Crippen LogP contribution in [0.5, 0.6) is 5.75 Å². The number of rotatable bonds is 5. The number of esters is 1. The lowest BCUT2D eigenvalue weighted by molar-refractivity contribution is -0.123. The smallest absolute Gasteiger partial charge is 0.339 e. The van der Waals surface area contributed by atoms with Crippen LogP contribution in [0.3, 0.4) is 0 Å². The lowest BCUT2D eigenvalue weighted by Gasteiger charge is -2.09. The van der Waals surface area contributed by atoms with Gasteiger partial charge in [-0.2, -0.15) is 0 Å². The molecule has 0 fully saturated rings. The molecule has 2 aromatic carbocycles. The summed E-state index contributed by atoms with van der Waals surface area (Å²) in [5.74, 6) is -0.792. The molecule has 3 aromatic rings. The van der Waals surface area contributed by atoms with Gasteiger partial charge in [0.05, 0.1) is 18.2 Å². The topological polar surface area (TPSA) is 107 Å². The van der Waals surface area contributed by atoms with Gasteiger partial charge in [-0.05, 0) is 42.5 Å². The van der Waals surface area contributed by atoms with Gasteiger partial charge in [0.15, 0.2) is 6.61 Å². The quantitative estimate of drug-likeness (QED) is 0.660. The van der Waals surface area contributed by atoms with E-state index in [2.05, 4.69) is 15.6 Å². The fourth-order valence-corrected chi connectivity index (χ4v) is 2.49. The van der Waals surface area contributed by atoms with Crippen LogP contribution in [0.1, 0.15) is 10.4 Å². The lowest BCUT2D eigenvalue weighted by Crippen LogP contribution is -2.37. The van der Waals surface area contributed by atoms with Crippen LogP contribution in [0.15, 0.2) is 60.8 Å². The normalized spacial score (nSPS) is 10.2. The molecule has 0 bridgehead atoms. The van der Waals surface area contributed by atoms with Gasteiger partial charge in [-0.25, -0.2) is 9.59 Å². The average Bonchev–Trinajstić information content (AvgIpc) is 2.72. The van der Waals surface area contributed by atoms with Crippen molar-refractivity contribution in [3.8, 4) is 5.75 Å². The predicted molar refractivity (Wildman–Crippen MR) is 102 cm³/mol. The second-order valence-electron chi connectivity index (χ2n) is 5.68. The molecule has 8 heteroatoms. The summed E-state index contributed by atoms with van der Waals surface area (Å²) in [7, 11) is 1.53. The average molecular weight is 379 g/mol. The van der Waals surface area contributed by atoms with Gasteiger partial charge in [-0.3, -0.25) is 15.1 Å². The first-order valence-electron chi connectivity index (χ1n) is 8.32. The van der Waals surface area contributed by atoms with Crippen molar-refractivity contribution in [2.45, 2.75) is 0 Å². The van der Waals surface area contributed by atoms with Crippen molar-refractivity contribution in [1.29, 1.82) is 0 Å². The Balaban J connectivity index is 1.53. The molecule has 3 rings (SSSR count). The Labute approximate surface area is 160 Å². The largest absolute Gasteiger partial charge is 0.497 e. The van der Waals surface area contributed by atoms with E-state index in [0.717, 1.165) is 0 Å². The number of anilines is 1. The number of benzene rings is 2. The molecule has 1 heterocycles. The van der Waals surface area contributed by atoms with Crippen LogP contribution in [0, 0.1) is 0 Å². The van der Waals surface area contributed by atoms with Gasteiger partial charge < -0.3 is 14.8 Å². The predicted octanol–water partition coefficient (Wildman–Crippen LogP) is 2.75. The van der Waals surface area contributed by atoms with Crippen LogP contribution in [0.25, 0.3) is 10.9 Å². The van der Waals surface area contributed by atoms with Crippen molar-refractivity contribution in [2.75, 3.05) is 19.0 Å². The highest BCUT2D eigenvalue weighted by molar-refractivity contribution is 6.05. The summed E-state index contributed by atoms with van der Waals surface area (Å²) in [6, 6.07) is 14.3. The van der Waals surface area contributed by atoms with Crippen LogP contribution in [0.2, 0.25) is 0 Å². The molecule has 28 heavy (non-hydrogen) atoms. The number of carbonyl (C=O) groups excluding carboxylic acids is 3. The molecule has 3 amide bonds. The fraction of sp³-hybridized carbons (Fsp3) is 0.100. The number of hydrogen-bond donors (Lipinski definition) is 2. The minimum Gasteiger partial charge on any atom is -0.497 e. The van der Waals surface area contributed by atoms with Gasteiger partial charge in [0.2, 0.25) is 0 Å². The molecule has 0 unspecified atom stereocenters. The molecule has 0 aliphatic carbocycles. The second-order valence-corrected chi connectivity index (χ2v) is 5.68. The molecule has 0 atom stereocenters. The van der Waals surface area contributed by atoms with Crippen molar-refractivity contribution in [1.82, 2.24) is 10.3 Å². The first-order valence-corrected chi connectivity index (χ1v) is 8.32. The molecule has 0 aliphatic rings. The van der Waals surface area contributed by atoms with Crippen LogP contribution < -0.4 is 15.4 Å². The van der Waals surface area contributed by atoms with E-state index in [4.69, 9.17) is 9.47 Å². The molecule has 0 radical (unpaired) electrons. The molecule has 0 saturated heterocycles. The fourth-order valence-electron chi connectivity index (χ4n) is 2.49. The zero-order valence-electron chi connectivity index (χ0n) is 15.0. The Morgan fingerprint density at radius 2 is 1.79 bits per heavy atom. The van der Waals surface area contributed by atoms with Crippen LogP contribution in [-0.2, 0) is 9.53 Å². The number of nitrogens with one attached hydrogen (secondary N) is 2. The van der Waals surface area contributed by atoms with E-state index in [1.807, 2.05) is 0 Å². The van der Waals surface area contributed by atoms with Crippen molar-refractivity contribution < 1.29 is 23.9 Å². The number of fused-ring (bicyclic) bond motifs is 1. The third-order valence-corrected chi connectivity index (χ3v) is 3.80. The molecule has 1 aromatic heterocycles. The van der Waals surface area contributed by atoms with Gasteiger partial charge in [0, 0.05) is 17.3 Å². The minimum atomic E-state index is -0.752. The summed E-state index contributed by atoms with van der Waals surface area (Å²) in [5, 5.41) is 5.20. The van der Waals surface area contributed by atoms with E-state index in [-0.39, 0.29) is 0 Å². The monoisotopic (exact) mass is 379 g/mol. The van der Waals surface area contributed by atoms with Crippen molar-refractivity contribution in [3.05, 3.63) is 66.4 Å². The number of nitrogens with zero attached hydrogens (tertiary/aromatic N) is 1. The number of aromatic nitrogens is 1. The summed E-state index contributed by atoms with van der Waals surface area (Å²) >= 11 is 0. The lowest BCUT2D eigenvalue weighted by atomic mass is 10.1. The molecule has 0 spiro atoms. The highest BCUT2D eigenvalue weighted by Crippen LogP contribution is 2.17. The number of amides is 3. The Bertz CT molecular complexity index is 1010. The Hall–Kier alpha value is -3.94. The Morgan fingerprint density at radius 1 is 1.00 bits per heavy atom. The second kappa shape index (κ2) is 8.63. The van der Waals surface area contributed by atoms with Crippen molar-refractivity contribution in [2.24, 2.45) is 0 Å². The van der Waals surface area contributed by atoms with Crippen LogP contribution >= 0.6 is 0 Å². The summed E-state index contributed by atoms with van der Waals surface area (Å²) in [6.45, 7) is -0.592. The molecule has 0 aliphatic heterocycles. The maximum Gasteiger partial charge on any atom is 0.339 e. The zero-order chi connectivity index (χ0) is 19.9. The summed E-state index contributed by atoms with van der Waals surface area (Å²) in [4.78, 5) is 40.1. The number of carbonyl (C=O) groups is 3. The highest BCUT2D eigenvalue weighted by Gasteiger charge is 2.15. The number of urea groups is 1. The maximum absolute atomic E-state index is 12.3. The van der Waals surface area contributed by atoms with E-state index >= 15 is 0 Å². The molecular weight excluding hydrogens is 362 g/mol. The van der Waals surface area contributed by atoms with E-state index in [1.54, 1.807) is 60.8 Å². The first-order chi connectivity index (χ1) is 13.6. The molecular formula is C20H17N3O5. The Morgan fingerprint density at radius 3 is 2.54 bits per heavy atom. The third-order valence-electron chi connectivity index (χ3n) is 3.80. The standard InChI is InChI=1S/C20H17N3O5/c1-27-14-9-7-13(8-10-14)22-20(26)23-18(24)12-28-19(25)16-4-2-6-17-15(16)5-3-11-21-17/h2-11H,12H2,1H3,(H2,22,23,24,26). The molecule has 8 nitrogen and oxygen atoms in total. The number of methoxy groups -OCH3 is 1. The number of hydrogen-bond acceptors (Lipinski definition) is 6. The number of ether oxygens (including phenoxy) is 2. The van der Waals surface area contributed by atoms with E-state index in [0.29, 0.717) is 27.9 Å². The van der Waals surface area contributed by atoms with Gasteiger partial charge in [-0.1, -0.05) is 12.1 Å². The van der Waals surface area contributed by atoms with E-state index < -0.39 is 24.5 Å². The van der Waals surface area contributed by atoms with Gasteiger partial charge >= 0.3 is 12.0 Å². The van der Waals surface area contributed by atoms with Gasteiger partial charge in [-0.15, -0.1) is 0 Å². The summed E-state index contributed by atoms with van der Waals surface area (Å²) < 4.78 is 10.0. The van der Waals surface area contributed by atoms with Gasteiger partial charge in [0.1, 0.15) is 5.75 Å². The molecule has 2 N–H and O–H groups in total. The highest BCUT2D eigenvalue weighted by atomic mass is 16.5. The first kappa shape index (κ1) is 18.8. The SMILES string of the molecule is COc1ccc(NC(=O)NC(=O)COC(=O)c2cccc3ncccc23)cc1.